The Bertz CT molecular complexity index is 881. The predicted molar refractivity (Wildman–Crippen MR) is 93.8 cm³/mol. The summed E-state index contributed by atoms with van der Waals surface area (Å²) in [6, 6.07) is 12.3. The molecule has 0 bridgehead atoms. The number of carbonyl (C=O) groups is 1. The summed E-state index contributed by atoms with van der Waals surface area (Å²) in [7, 11) is -2.79. The van der Waals surface area contributed by atoms with Gasteiger partial charge >= 0.3 is 5.97 Å². The third-order valence-electron chi connectivity index (χ3n) is 3.87. The van der Waals surface area contributed by atoms with Gasteiger partial charge in [-0.05, 0) is 17.7 Å². The largest absolute Gasteiger partial charge is 0.469 e. The van der Waals surface area contributed by atoms with Crippen molar-refractivity contribution in [3.8, 4) is 0 Å². The summed E-state index contributed by atoms with van der Waals surface area (Å²) in [5.74, 6) is -1.35. The average Bonchev–Trinajstić information content (AvgIpc) is 2.65. The number of non-ortho nitro benzene ring substituents is 1. The summed E-state index contributed by atoms with van der Waals surface area (Å²) >= 11 is 0. The fourth-order valence-electron chi connectivity index (χ4n) is 2.42. The van der Waals surface area contributed by atoms with Crippen molar-refractivity contribution in [1.82, 2.24) is 4.72 Å². The fraction of sp³-hybridized carbons (Fsp3) is 0.235. The maximum Gasteiger partial charge on any atom is 0.310 e. The molecule has 2 atom stereocenters. The molecule has 0 saturated heterocycles. The van der Waals surface area contributed by atoms with Gasteiger partial charge in [-0.3, -0.25) is 14.9 Å². The molecule has 8 nitrogen and oxygen atoms in total. The molecule has 2 aromatic rings. The minimum absolute atomic E-state index is 0.138. The van der Waals surface area contributed by atoms with E-state index >= 15 is 0 Å². The molecule has 26 heavy (non-hydrogen) atoms. The summed E-state index contributed by atoms with van der Waals surface area (Å²) in [6.45, 7) is 1.56. The lowest BCUT2D eigenvalue weighted by atomic mass is 9.95. The van der Waals surface area contributed by atoms with Gasteiger partial charge in [-0.25, -0.2) is 13.1 Å². The van der Waals surface area contributed by atoms with E-state index in [4.69, 9.17) is 4.74 Å². The van der Waals surface area contributed by atoms with Crippen LogP contribution in [0.2, 0.25) is 0 Å². The van der Waals surface area contributed by atoms with Crippen LogP contribution in [-0.4, -0.2) is 26.4 Å². The molecule has 0 aliphatic carbocycles. The Kier molecular flexibility index (Phi) is 6.06. The van der Waals surface area contributed by atoms with Gasteiger partial charge in [-0.15, -0.1) is 0 Å². The highest BCUT2D eigenvalue weighted by molar-refractivity contribution is 7.89. The van der Waals surface area contributed by atoms with Crippen molar-refractivity contribution in [2.75, 3.05) is 7.11 Å². The van der Waals surface area contributed by atoms with E-state index in [-0.39, 0.29) is 10.6 Å². The zero-order valence-electron chi connectivity index (χ0n) is 14.2. The first kappa shape index (κ1) is 19.5. The second-order valence-corrected chi connectivity index (χ2v) is 7.29. The van der Waals surface area contributed by atoms with E-state index in [0.29, 0.717) is 5.56 Å². The topological polar surface area (TPSA) is 116 Å². The molecule has 0 aliphatic rings. The van der Waals surface area contributed by atoms with Gasteiger partial charge in [0, 0.05) is 12.1 Å². The molecule has 9 heteroatoms. The van der Waals surface area contributed by atoms with E-state index in [1.807, 2.05) is 0 Å². The minimum atomic E-state index is -4.02. The van der Waals surface area contributed by atoms with Crippen molar-refractivity contribution in [3.05, 3.63) is 70.3 Å². The molecular formula is C17H18N2O6S. The third-order valence-corrected chi connectivity index (χ3v) is 5.33. The second kappa shape index (κ2) is 8.07. The first-order valence-corrected chi connectivity index (χ1v) is 9.14. The third kappa shape index (κ3) is 4.44. The lowest BCUT2D eigenvalue weighted by molar-refractivity contribution is -0.384. The highest BCUT2D eigenvalue weighted by atomic mass is 32.2. The normalized spacial score (nSPS) is 13.6. The number of methoxy groups -OCH3 is 1. The lowest BCUT2D eigenvalue weighted by Gasteiger charge is -2.23. The number of nitrogens with zero attached hydrogens (tertiary/aromatic N) is 1. The highest BCUT2D eigenvalue weighted by Crippen LogP contribution is 2.26. The SMILES string of the molecule is COC(=O)[C@@H](C)[C@H](NS(=O)(=O)c1ccc([N+](=O)[O-])cc1)c1ccccc1. The second-order valence-electron chi connectivity index (χ2n) is 5.57. The molecule has 1 N–H and O–H groups in total. The number of rotatable bonds is 7. The molecule has 0 unspecified atom stereocenters. The Morgan fingerprint density at radius 2 is 1.69 bits per heavy atom. The number of ether oxygens (including phenoxy) is 1. The van der Waals surface area contributed by atoms with Gasteiger partial charge in [0.2, 0.25) is 10.0 Å². The van der Waals surface area contributed by atoms with Gasteiger partial charge in [0.15, 0.2) is 0 Å². The summed E-state index contributed by atoms with van der Waals surface area (Å²) in [5.41, 5.74) is 0.377. The molecular weight excluding hydrogens is 360 g/mol. The van der Waals surface area contributed by atoms with Gasteiger partial charge in [-0.1, -0.05) is 37.3 Å². The van der Waals surface area contributed by atoms with Gasteiger partial charge in [0.25, 0.3) is 5.69 Å². The van der Waals surface area contributed by atoms with E-state index in [1.54, 1.807) is 37.3 Å². The van der Waals surface area contributed by atoms with E-state index in [1.165, 1.54) is 7.11 Å². The summed E-state index contributed by atoms with van der Waals surface area (Å²) in [5, 5.41) is 10.7. The molecule has 2 rings (SSSR count). The van der Waals surface area contributed by atoms with Crippen LogP contribution in [0.3, 0.4) is 0 Å². The summed E-state index contributed by atoms with van der Waals surface area (Å²) in [6.07, 6.45) is 0. The van der Waals surface area contributed by atoms with Gasteiger partial charge in [-0.2, -0.15) is 0 Å². The number of nitrogens with one attached hydrogen (secondary N) is 1. The molecule has 0 amide bonds. The molecule has 2 aromatic carbocycles. The van der Waals surface area contributed by atoms with Crippen molar-refractivity contribution in [2.45, 2.75) is 17.9 Å². The van der Waals surface area contributed by atoms with Gasteiger partial charge < -0.3 is 4.74 Å². The Morgan fingerprint density at radius 1 is 1.12 bits per heavy atom. The standard InChI is InChI=1S/C17H18N2O6S/c1-12(17(20)25-2)16(13-6-4-3-5-7-13)18-26(23,24)15-10-8-14(9-11-15)19(21)22/h3-12,16,18H,1-2H3/t12-,16-/m0/s1. The quantitative estimate of drug-likeness (QED) is 0.449. The van der Waals surface area contributed by atoms with Crippen LogP contribution in [-0.2, 0) is 19.6 Å². The highest BCUT2D eigenvalue weighted by Gasteiger charge is 2.31. The number of hydrogen-bond acceptors (Lipinski definition) is 6. The van der Waals surface area contributed by atoms with Crippen LogP contribution in [0, 0.1) is 16.0 Å². The Morgan fingerprint density at radius 3 is 2.19 bits per heavy atom. The number of benzene rings is 2. The van der Waals surface area contributed by atoms with Gasteiger partial charge in [0.1, 0.15) is 0 Å². The van der Waals surface area contributed by atoms with Crippen molar-refractivity contribution in [2.24, 2.45) is 5.92 Å². The molecule has 0 aromatic heterocycles. The maximum absolute atomic E-state index is 12.7. The molecule has 0 saturated carbocycles. The summed E-state index contributed by atoms with van der Waals surface area (Å²) < 4.78 is 32.6. The smallest absolute Gasteiger partial charge is 0.310 e. The van der Waals surface area contributed by atoms with Crippen molar-refractivity contribution in [1.29, 1.82) is 0 Å². The van der Waals surface area contributed by atoms with Crippen LogP contribution in [0.5, 0.6) is 0 Å². The van der Waals surface area contributed by atoms with Crippen molar-refractivity contribution < 1.29 is 22.9 Å². The van der Waals surface area contributed by atoms with Crippen LogP contribution < -0.4 is 4.72 Å². The minimum Gasteiger partial charge on any atom is -0.469 e. The number of sulfonamides is 1. The summed E-state index contributed by atoms with van der Waals surface area (Å²) in [4.78, 5) is 21.9. The number of esters is 1. The average molecular weight is 378 g/mol. The zero-order valence-corrected chi connectivity index (χ0v) is 15.0. The molecule has 0 aliphatic heterocycles. The first-order valence-electron chi connectivity index (χ1n) is 7.66. The van der Waals surface area contributed by atoms with Crippen LogP contribution in [0.15, 0.2) is 59.5 Å². The van der Waals surface area contributed by atoms with E-state index in [9.17, 15) is 23.3 Å². The molecule has 0 heterocycles. The number of nitro groups is 1. The number of carbonyl (C=O) groups excluding carboxylic acids is 1. The van der Waals surface area contributed by atoms with Crippen LogP contribution in [0.1, 0.15) is 18.5 Å². The van der Waals surface area contributed by atoms with Crippen molar-refractivity contribution in [3.63, 3.8) is 0 Å². The van der Waals surface area contributed by atoms with Crippen LogP contribution in [0.25, 0.3) is 0 Å². The number of hydrogen-bond donors (Lipinski definition) is 1. The Hall–Kier alpha value is -2.78. The van der Waals surface area contributed by atoms with Crippen molar-refractivity contribution >= 4 is 21.7 Å². The monoisotopic (exact) mass is 378 g/mol. The maximum atomic E-state index is 12.7. The van der Waals surface area contributed by atoms with Crippen LogP contribution in [0.4, 0.5) is 5.69 Å². The molecule has 138 valence electrons. The molecule has 0 spiro atoms. The van der Waals surface area contributed by atoms with Gasteiger partial charge in [0.05, 0.1) is 28.9 Å². The van der Waals surface area contributed by atoms with E-state index < -0.39 is 32.9 Å². The van der Waals surface area contributed by atoms with Crippen LogP contribution >= 0.6 is 0 Å². The zero-order chi connectivity index (χ0) is 19.3. The van der Waals surface area contributed by atoms with E-state index in [2.05, 4.69) is 4.72 Å². The molecule has 0 radical (unpaired) electrons. The fourth-order valence-corrected chi connectivity index (χ4v) is 3.73. The molecule has 0 fully saturated rings. The lowest BCUT2D eigenvalue weighted by Crippen LogP contribution is -2.36. The Labute approximate surface area is 151 Å². The first-order chi connectivity index (χ1) is 12.3. The van der Waals surface area contributed by atoms with E-state index in [0.717, 1.165) is 24.3 Å². The number of nitro benzene ring substituents is 1. The predicted octanol–water partition coefficient (Wildman–Crippen LogP) is 2.42. The Balaban J connectivity index is 2.37.